The van der Waals surface area contributed by atoms with E-state index in [1.807, 2.05) is 34.6 Å². The Hall–Kier alpha value is -0.530. The van der Waals surface area contributed by atoms with Crippen LogP contribution in [0.4, 0.5) is 0 Å². The molecule has 0 radical (unpaired) electrons. The molecule has 0 bridgehead atoms. The monoisotopic (exact) mass is 287 g/mol. The number of unbranched alkanes of at least 4 members (excludes halogenated alkanes) is 8. The number of carbonyl (C=O) groups excluding carboxylic acids is 1. The normalized spacial score (nSPS) is 8.90. The van der Waals surface area contributed by atoms with Gasteiger partial charge in [0.1, 0.15) is 0 Å². The predicted octanol–water partition coefficient (Wildman–Crippen LogP) is 6.10. The molecule has 0 rings (SSSR count). The van der Waals surface area contributed by atoms with Crippen molar-refractivity contribution in [2.24, 2.45) is 0 Å². The summed E-state index contributed by atoms with van der Waals surface area (Å²) in [5, 5.41) is 2.91. The highest BCUT2D eigenvalue weighted by Gasteiger charge is 1.95. The smallest absolute Gasteiger partial charge is 0.219 e. The maximum absolute atomic E-state index is 10.9. The van der Waals surface area contributed by atoms with Crippen molar-refractivity contribution in [3.05, 3.63) is 0 Å². The van der Waals surface area contributed by atoms with E-state index in [1.54, 1.807) is 0 Å². The Morgan fingerprint density at radius 3 is 1.50 bits per heavy atom. The zero-order valence-corrected chi connectivity index (χ0v) is 15.2. The van der Waals surface area contributed by atoms with Gasteiger partial charge in [0.05, 0.1) is 0 Å². The summed E-state index contributed by atoms with van der Waals surface area (Å²) >= 11 is 0. The van der Waals surface area contributed by atoms with Crippen LogP contribution in [0.2, 0.25) is 0 Å². The molecule has 0 aromatic rings. The lowest BCUT2D eigenvalue weighted by Crippen LogP contribution is -2.23. The number of amides is 1. The molecule has 0 heterocycles. The molecule has 0 saturated carbocycles. The molecular weight excluding hydrogens is 246 g/mol. The molecular formula is C18H41NO. The number of hydrogen-bond donors (Lipinski definition) is 1. The molecule has 1 amide bonds. The van der Waals surface area contributed by atoms with Crippen molar-refractivity contribution in [1.29, 1.82) is 0 Å². The Morgan fingerprint density at radius 1 is 0.700 bits per heavy atom. The molecule has 0 aromatic carbocycles. The highest BCUT2D eigenvalue weighted by Crippen LogP contribution is 2.09. The van der Waals surface area contributed by atoms with E-state index in [2.05, 4.69) is 12.2 Å². The summed E-state index contributed by atoms with van der Waals surface area (Å²) in [4.78, 5) is 10.9. The Bertz CT molecular complexity index is 157. The summed E-state index contributed by atoms with van der Waals surface area (Å²) in [6.45, 7) is 13.0. The highest BCUT2D eigenvalue weighted by molar-refractivity contribution is 5.75. The van der Waals surface area contributed by atoms with Gasteiger partial charge in [-0.1, -0.05) is 92.9 Å². The van der Waals surface area contributed by atoms with Crippen LogP contribution in [-0.2, 0) is 4.79 Å². The van der Waals surface area contributed by atoms with Gasteiger partial charge in [-0.2, -0.15) is 0 Å². The Kier molecular flexibility index (Phi) is 33.0. The molecule has 0 aromatic heterocycles. The maximum Gasteiger partial charge on any atom is 0.219 e. The number of carbonyl (C=O) groups is 1. The number of nitrogens with one attached hydrogen (secondary N) is 1. The summed E-state index contributed by atoms with van der Waals surface area (Å²) in [5.74, 6) is 0.180. The van der Waals surface area contributed by atoms with Gasteiger partial charge >= 0.3 is 0 Å². The van der Waals surface area contributed by atoms with Crippen LogP contribution >= 0.6 is 0 Å². The SMILES string of the molecule is CC.CC.CCCCCCCCCCCNC(=O)CC. The van der Waals surface area contributed by atoms with Gasteiger partial charge in [0.25, 0.3) is 0 Å². The lowest BCUT2D eigenvalue weighted by molar-refractivity contribution is -0.120. The standard InChI is InChI=1S/C14H29NO.2C2H6/c1-3-5-6-7-8-9-10-11-12-13-15-14(16)4-2;2*1-2/h3-13H2,1-2H3,(H,15,16);2*1-2H3. The topological polar surface area (TPSA) is 29.1 Å². The van der Waals surface area contributed by atoms with Crippen LogP contribution in [0.1, 0.15) is 106 Å². The minimum absolute atomic E-state index is 0.180. The minimum Gasteiger partial charge on any atom is -0.356 e. The van der Waals surface area contributed by atoms with Crippen LogP contribution in [0, 0.1) is 0 Å². The largest absolute Gasteiger partial charge is 0.356 e. The Labute approximate surface area is 129 Å². The fraction of sp³-hybridized carbons (Fsp3) is 0.944. The second kappa shape index (κ2) is 26.9. The zero-order chi connectivity index (χ0) is 16.1. The molecule has 0 spiro atoms. The summed E-state index contributed by atoms with van der Waals surface area (Å²) in [7, 11) is 0. The molecule has 20 heavy (non-hydrogen) atoms. The van der Waals surface area contributed by atoms with Gasteiger partial charge < -0.3 is 5.32 Å². The third-order valence-electron chi connectivity index (χ3n) is 2.92. The van der Waals surface area contributed by atoms with Crippen molar-refractivity contribution in [3.8, 4) is 0 Å². The molecule has 0 unspecified atom stereocenters. The molecule has 0 saturated heterocycles. The van der Waals surface area contributed by atoms with Gasteiger partial charge in [-0.25, -0.2) is 0 Å². The van der Waals surface area contributed by atoms with Crippen LogP contribution in [-0.4, -0.2) is 12.5 Å². The van der Waals surface area contributed by atoms with Gasteiger partial charge in [0.15, 0.2) is 0 Å². The fourth-order valence-corrected chi connectivity index (χ4v) is 1.79. The van der Waals surface area contributed by atoms with Crippen molar-refractivity contribution >= 4 is 5.91 Å². The molecule has 2 heteroatoms. The van der Waals surface area contributed by atoms with Crippen molar-refractivity contribution in [1.82, 2.24) is 5.32 Å². The summed E-state index contributed by atoms with van der Waals surface area (Å²) in [6.07, 6.45) is 12.6. The van der Waals surface area contributed by atoms with Crippen molar-refractivity contribution in [2.45, 2.75) is 106 Å². The second-order valence-corrected chi connectivity index (χ2v) is 4.53. The van der Waals surface area contributed by atoms with E-state index in [1.165, 1.54) is 51.4 Å². The fourth-order valence-electron chi connectivity index (χ4n) is 1.79. The van der Waals surface area contributed by atoms with Crippen LogP contribution in [0.15, 0.2) is 0 Å². The molecule has 124 valence electrons. The lowest BCUT2D eigenvalue weighted by atomic mass is 10.1. The molecule has 0 fully saturated rings. The molecule has 0 aliphatic rings. The van der Waals surface area contributed by atoms with E-state index in [0.29, 0.717) is 6.42 Å². The predicted molar refractivity (Wildman–Crippen MR) is 93.2 cm³/mol. The molecule has 0 atom stereocenters. The van der Waals surface area contributed by atoms with Crippen molar-refractivity contribution in [3.63, 3.8) is 0 Å². The van der Waals surface area contributed by atoms with Gasteiger partial charge in [-0.05, 0) is 6.42 Å². The number of hydrogen-bond acceptors (Lipinski definition) is 1. The maximum atomic E-state index is 10.9. The van der Waals surface area contributed by atoms with E-state index in [-0.39, 0.29) is 5.91 Å². The van der Waals surface area contributed by atoms with Crippen molar-refractivity contribution in [2.75, 3.05) is 6.54 Å². The van der Waals surface area contributed by atoms with E-state index in [4.69, 9.17) is 0 Å². The van der Waals surface area contributed by atoms with Gasteiger partial charge in [0.2, 0.25) is 5.91 Å². The van der Waals surface area contributed by atoms with Crippen LogP contribution in [0.3, 0.4) is 0 Å². The average molecular weight is 288 g/mol. The molecule has 1 N–H and O–H groups in total. The first-order valence-electron chi connectivity index (χ1n) is 9.08. The van der Waals surface area contributed by atoms with Crippen molar-refractivity contribution < 1.29 is 4.79 Å². The summed E-state index contributed by atoms with van der Waals surface area (Å²) < 4.78 is 0. The van der Waals surface area contributed by atoms with Gasteiger partial charge in [-0.15, -0.1) is 0 Å². The highest BCUT2D eigenvalue weighted by atomic mass is 16.1. The van der Waals surface area contributed by atoms with E-state index in [9.17, 15) is 4.79 Å². The molecule has 0 aliphatic carbocycles. The Balaban J connectivity index is -0.000000656. The first-order chi connectivity index (χ1) is 9.81. The van der Waals surface area contributed by atoms with E-state index >= 15 is 0 Å². The quantitative estimate of drug-likeness (QED) is 0.457. The summed E-state index contributed by atoms with van der Waals surface area (Å²) in [6, 6.07) is 0. The third-order valence-corrected chi connectivity index (χ3v) is 2.92. The minimum atomic E-state index is 0.180. The van der Waals surface area contributed by atoms with Gasteiger partial charge in [0, 0.05) is 13.0 Å². The van der Waals surface area contributed by atoms with Crippen LogP contribution in [0.5, 0.6) is 0 Å². The Morgan fingerprint density at radius 2 is 1.10 bits per heavy atom. The first-order valence-corrected chi connectivity index (χ1v) is 9.08. The second-order valence-electron chi connectivity index (χ2n) is 4.53. The lowest BCUT2D eigenvalue weighted by Gasteiger charge is -2.03. The average Bonchev–Trinajstić information content (AvgIpc) is 2.52. The van der Waals surface area contributed by atoms with Crippen LogP contribution < -0.4 is 5.32 Å². The van der Waals surface area contributed by atoms with Gasteiger partial charge in [-0.3, -0.25) is 4.79 Å². The van der Waals surface area contributed by atoms with Crippen LogP contribution in [0.25, 0.3) is 0 Å². The summed E-state index contributed by atoms with van der Waals surface area (Å²) in [5.41, 5.74) is 0. The zero-order valence-electron chi connectivity index (χ0n) is 15.2. The third kappa shape index (κ3) is 26.1. The molecule has 0 aliphatic heterocycles. The molecule has 2 nitrogen and oxygen atoms in total. The van der Waals surface area contributed by atoms with E-state index in [0.717, 1.165) is 13.0 Å². The first kappa shape index (κ1) is 24.5. The number of rotatable bonds is 11. The van der Waals surface area contributed by atoms with E-state index < -0.39 is 0 Å².